The molecule has 0 saturated heterocycles. The summed E-state index contributed by atoms with van der Waals surface area (Å²) in [5.74, 6) is -1.04. The molecule has 0 atom stereocenters. The van der Waals surface area contributed by atoms with Crippen LogP contribution in [0.25, 0.3) is 6.08 Å². The van der Waals surface area contributed by atoms with Crippen LogP contribution in [0.5, 0.6) is 0 Å². The van der Waals surface area contributed by atoms with Gasteiger partial charge >= 0.3 is 5.97 Å². The van der Waals surface area contributed by atoms with E-state index in [4.69, 9.17) is 5.11 Å². The molecule has 0 aliphatic rings. The summed E-state index contributed by atoms with van der Waals surface area (Å²) in [5.41, 5.74) is 1.74. The number of anilines is 1. The fourth-order valence-electron chi connectivity index (χ4n) is 1.90. The van der Waals surface area contributed by atoms with E-state index < -0.39 is 16.0 Å². The van der Waals surface area contributed by atoms with Gasteiger partial charge in [0.1, 0.15) is 0 Å². The Morgan fingerprint density at radius 1 is 1.09 bits per heavy atom. The Kier molecular flexibility index (Phi) is 4.62. The van der Waals surface area contributed by atoms with Crippen molar-refractivity contribution in [3.8, 4) is 0 Å². The molecular weight excluding hydrogens is 302 g/mol. The number of nitrogens with one attached hydrogen (secondary N) is 1. The molecule has 0 radical (unpaired) electrons. The molecule has 2 rings (SSSR count). The molecule has 2 aromatic carbocycles. The Bertz CT molecular complexity index is 808. The Morgan fingerprint density at radius 3 is 2.32 bits per heavy atom. The van der Waals surface area contributed by atoms with Gasteiger partial charge in [-0.15, -0.1) is 0 Å². The molecule has 0 aromatic heterocycles. The summed E-state index contributed by atoms with van der Waals surface area (Å²) in [6.07, 6.45) is 2.45. The standard InChI is InChI=1S/C16H15NO4S/c1-12-4-2-3-5-15(12)22(20,21)17-14-9-6-13(7-10-14)8-11-16(18)19/h2-11,17H,1H3,(H,18,19)/b11-8+. The third kappa shape index (κ3) is 3.95. The van der Waals surface area contributed by atoms with Crippen molar-refractivity contribution in [1.82, 2.24) is 0 Å². The highest BCUT2D eigenvalue weighted by Gasteiger charge is 2.15. The third-order valence-electron chi connectivity index (χ3n) is 2.96. The summed E-state index contributed by atoms with van der Waals surface area (Å²) in [6.45, 7) is 1.73. The van der Waals surface area contributed by atoms with E-state index in [1.165, 1.54) is 6.08 Å². The Morgan fingerprint density at radius 2 is 1.73 bits per heavy atom. The van der Waals surface area contributed by atoms with E-state index in [1.54, 1.807) is 55.5 Å². The number of hydrogen-bond donors (Lipinski definition) is 2. The van der Waals surface area contributed by atoms with Crippen molar-refractivity contribution in [2.75, 3.05) is 4.72 Å². The van der Waals surface area contributed by atoms with Gasteiger partial charge in [-0.05, 0) is 42.3 Å². The number of aliphatic carboxylic acids is 1. The van der Waals surface area contributed by atoms with Crippen molar-refractivity contribution in [1.29, 1.82) is 0 Å². The van der Waals surface area contributed by atoms with Crippen molar-refractivity contribution in [3.63, 3.8) is 0 Å². The summed E-state index contributed by atoms with van der Waals surface area (Å²) in [4.78, 5) is 10.7. The predicted molar refractivity (Wildman–Crippen MR) is 85.1 cm³/mol. The molecule has 0 aliphatic carbocycles. The van der Waals surface area contributed by atoms with Gasteiger partial charge in [0.15, 0.2) is 0 Å². The normalized spacial score (nSPS) is 11.5. The number of carbonyl (C=O) groups is 1. The quantitative estimate of drug-likeness (QED) is 0.831. The first-order valence-corrected chi connectivity index (χ1v) is 7.96. The van der Waals surface area contributed by atoms with Gasteiger partial charge < -0.3 is 5.11 Å². The maximum atomic E-state index is 12.3. The zero-order valence-electron chi connectivity index (χ0n) is 11.9. The highest BCUT2D eigenvalue weighted by Crippen LogP contribution is 2.19. The zero-order chi connectivity index (χ0) is 16.2. The minimum Gasteiger partial charge on any atom is -0.478 e. The van der Waals surface area contributed by atoms with Crippen LogP contribution in [0.2, 0.25) is 0 Å². The highest BCUT2D eigenvalue weighted by atomic mass is 32.2. The van der Waals surface area contributed by atoms with E-state index in [0.717, 1.165) is 6.08 Å². The second-order valence-corrected chi connectivity index (χ2v) is 6.32. The Hall–Kier alpha value is -2.60. The van der Waals surface area contributed by atoms with E-state index >= 15 is 0 Å². The van der Waals surface area contributed by atoms with Crippen molar-refractivity contribution in [3.05, 3.63) is 65.7 Å². The van der Waals surface area contributed by atoms with Crippen LogP contribution >= 0.6 is 0 Å². The fourth-order valence-corrected chi connectivity index (χ4v) is 3.20. The lowest BCUT2D eigenvalue weighted by Crippen LogP contribution is -2.14. The van der Waals surface area contributed by atoms with Crippen LogP contribution in [-0.4, -0.2) is 19.5 Å². The first kappa shape index (κ1) is 15.8. The number of aryl methyl sites for hydroxylation is 1. The average molecular weight is 317 g/mol. The lowest BCUT2D eigenvalue weighted by atomic mass is 10.2. The molecule has 22 heavy (non-hydrogen) atoms. The molecule has 6 heteroatoms. The molecule has 0 spiro atoms. The minimum atomic E-state index is -3.64. The topological polar surface area (TPSA) is 83.5 Å². The van der Waals surface area contributed by atoms with Crippen molar-refractivity contribution >= 4 is 27.8 Å². The number of benzene rings is 2. The molecular formula is C16H15NO4S. The lowest BCUT2D eigenvalue weighted by molar-refractivity contribution is -0.131. The summed E-state index contributed by atoms with van der Waals surface area (Å²) in [5, 5.41) is 8.56. The van der Waals surface area contributed by atoms with Crippen molar-refractivity contribution < 1.29 is 18.3 Å². The number of hydrogen-bond acceptors (Lipinski definition) is 3. The largest absolute Gasteiger partial charge is 0.478 e. The predicted octanol–water partition coefficient (Wildman–Crippen LogP) is 2.89. The van der Waals surface area contributed by atoms with E-state index in [1.807, 2.05) is 0 Å². The van der Waals surface area contributed by atoms with Gasteiger partial charge in [0.25, 0.3) is 10.0 Å². The van der Waals surface area contributed by atoms with Gasteiger partial charge in [0.2, 0.25) is 0 Å². The highest BCUT2D eigenvalue weighted by molar-refractivity contribution is 7.92. The smallest absolute Gasteiger partial charge is 0.328 e. The van der Waals surface area contributed by atoms with Gasteiger partial charge in [-0.25, -0.2) is 13.2 Å². The molecule has 0 fully saturated rings. The maximum absolute atomic E-state index is 12.3. The van der Waals surface area contributed by atoms with Crippen molar-refractivity contribution in [2.45, 2.75) is 11.8 Å². The first-order chi connectivity index (χ1) is 10.4. The molecule has 0 aliphatic heterocycles. The van der Waals surface area contributed by atoms with Crippen LogP contribution < -0.4 is 4.72 Å². The second-order valence-electron chi connectivity index (χ2n) is 4.66. The van der Waals surface area contributed by atoms with Crippen LogP contribution in [0, 0.1) is 6.92 Å². The maximum Gasteiger partial charge on any atom is 0.328 e. The SMILES string of the molecule is Cc1ccccc1S(=O)(=O)Nc1ccc(/C=C/C(=O)O)cc1. The van der Waals surface area contributed by atoms with Gasteiger partial charge in [0, 0.05) is 11.8 Å². The molecule has 2 aromatic rings. The van der Waals surface area contributed by atoms with Crippen LogP contribution in [0.4, 0.5) is 5.69 Å². The van der Waals surface area contributed by atoms with E-state index in [-0.39, 0.29) is 4.90 Å². The van der Waals surface area contributed by atoms with Gasteiger partial charge in [0.05, 0.1) is 4.90 Å². The van der Waals surface area contributed by atoms with Crippen LogP contribution in [0.15, 0.2) is 59.5 Å². The van der Waals surface area contributed by atoms with E-state index in [0.29, 0.717) is 16.8 Å². The minimum absolute atomic E-state index is 0.227. The Balaban J connectivity index is 2.20. The first-order valence-electron chi connectivity index (χ1n) is 6.48. The lowest BCUT2D eigenvalue weighted by Gasteiger charge is -2.10. The summed E-state index contributed by atoms with van der Waals surface area (Å²) < 4.78 is 27.1. The van der Waals surface area contributed by atoms with E-state index in [9.17, 15) is 13.2 Å². The molecule has 0 bridgehead atoms. The number of sulfonamides is 1. The monoisotopic (exact) mass is 317 g/mol. The summed E-state index contributed by atoms with van der Waals surface area (Å²) in [7, 11) is -3.64. The fraction of sp³-hybridized carbons (Fsp3) is 0.0625. The molecule has 0 unspecified atom stereocenters. The number of carboxylic acid groups (broad SMARTS) is 1. The van der Waals surface area contributed by atoms with E-state index in [2.05, 4.69) is 4.72 Å². The molecule has 5 nitrogen and oxygen atoms in total. The molecule has 0 saturated carbocycles. The second kappa shape index (κ2) is 6.44. The van der Waals surface area contributed by atoms with Crippen LogP contribution in [-0.2, 0) is 14.8 Å². The molecule has 0 amide bonds. The van der Waals surface area contributed by atoms with Crippen LogP contribution in [0.3, 0.4) is 0 Å². The van der Waals surface area contributed by atoms with Gasteiger partial charge in [-0.3, -0.25) is 4.72 Å². The summed E-state index contributed by atoms with van der Waals surface area (Å²) in [6, 6.07) is 13.1. The number of rotatable bonds is 5. The van der Waals surface area contributed by atoms with Crippen molar-refractivity contribution in [2.24, 2.45) is 0 Å². The average Bonchev–Trinajstić information content (AvgIpc) is 2.46. The Labute approximate surface area is 129 Å². The molecule has 2 N–H and O–H groups in total. The number of carboxylic acids is 1. The van der Waals surface area contributed by atoms with Gasteiger partial charge in [-0.2, -0.15) is 0 Å². The zero-order valence-corrected chi connectivity index (χ0v) is 12.7. The molecule has 0 heterocycles. The van der Waals surface area contributed by atoms with Crippen LogP contribution in [0.1, 0.15) is 11.1 Å². The van der Waals surface area contributed by atoms with Gasteiger partial charge in [-0.1, -0.05) is 30.3 Å². The summed E-state index contributed by atoms with van der Waals surface area (Å²) >= 11 is 0. The third-order valence-corrected chi connectivity index (χ3v) is 4.51. The molecule has 114 valence electrons.